The molecule has 0 aliphatic heterocycles. The van der Waals surface area contributed by atoms with Gasteiger partial charge < -0.3 is 10.6 Å². The average molecular weight is 376 g/mol. The Hall–Kier alpha value is -2.35. The van der Waals surface area contributed by atoms with Crippen molar-refractivity contribution in [1.29, 1.82) is 0 Å². The van der Waals surface area contributed by atoms with Crippen LogP contribution in [-0.2, 0) is 17.4 Å². The minimum Gasteiger partial charge on any atom is -0.368 e. The molecule has 0 unspecified atom stereocenters. The number of carbonyl (C=O) groups is 1. The predicted octanol–water partition coefficient (Wildman–Crippen LogP) is 3.66. The number of amides is 1. The number of nitrogens with zero attached hydrogens (tertiary/aromatic N) is 1. The zero-order chi connectivity index (χ0) is 18.4. The molecule has 0 atom stereocenters. The predicted molar refractivity (Wildman–Crippen MR) is 85.9 cm³/mol. The Morgan fingerprint density at radius 1 is 1.16 bits per heavy atom. The van der Waals surface area contributed by atoms with Gasteiger partial charge in [-0.05, 0) is 24.3 Å². The number of pyridine rings is 1. The van der Waals surface area contributed by atoms with E-state index in [0.29, 0.717) is 0 Å². The average Bonchev–Trinajstić information content (AvgIpc) is 2.55. The Balaban J connectivity index is 1.76. The maximum absolute atomic E-state index is 13.6. The monoisotopic (exact) mass is 375 g/mol. The lowest BCUT2D eigenvalue weighted by atomic mass is 10.1. The first-order valence-electron chi connectivity index (χ1n) is 7.24. The fourth-order valence-electron chi connectivity index (χ4n) is 1.98. The second-order valence-corrected chi connectivity index (χ2v) is 5.49. The molecule has 2 rings (SSSR count). The summed E-state index contributed by atoms with van der Waals surface area (Å²) in [5.41, 5.74) is -0.729. The van der Waals surface area contributed by atoms with Crippen molar-refractivity contribution in [2.24, 2.45) is 0 Å². The number of aromatic nitrogens is 1. The number of halogens is 5. The number of rotatable bonds is 6. The van der Waals surface area contributed by atoms with Gasteiger partial charge in [0.1, 0.15) is 11.6 Å². The van der Waals surface area contributed by atoms with E-state index in [1.54, 1.807) is 0 Å². The highest BCUT2D eigenvalue weighted by Gasteiger charge is 2.30. The van der Waals surface area contributed by atoms with Crippen LogP contribution in [0.5, 0.6) is 0 Å². The maximum Gasteiger partial charge on any atom is 0.417 e. The van der Waals surface area contributed by atoms with Gasteiger partial charge in [0, 0.05) is 29.9 Å². The quantitative estimate of drug-likeness (QED) is 0.598. The summed E-state index contributed by atoms with van der Waals surface area (Å²) >= 11 is 5.84. The number of carbonyl (C=O) groups excluding carboxylic acids is 1. The molecule has 0 saturated heterocycles. The SMILES string of the molecule is O=C(Cc1c(F)cccc1Cl)NCCNc1ccc(C(F)(F)F)cn1. The highest BCUT2D eigenvalue weighted by Crippen LogP contribution is 2.28. The summed E-state index contributed by atoms with van der Waals surface area (Å²) in [6.07, 6.45) is -3.92. The molecule has 1 amide bonds. The van der Waals surface area contributed by atoms with E-state index in [1.165, 1.54) is 24.3 Å². The van der Waals surface area contributed by atoms with Crippen LogP contribution >= 0.6 is 11.6 Å². The maximum atomic E-state index is 13.6. The number of anilines is 1. The molecule has 0 saturated carbocycles. The van der Waals surface area contributed by atoms with Crippen molar-refractivity contribution in [3.05, 3.63) is 58.5 Å². The lowest BCUT2D eigenvalue weighted by Crippen LogP contribution is -2.30. The largest absolute Gasteiger partial charge is 0.417 e. The molecule has 1 aromatic heterocycles. The molecule has 1 heterocycles. The van der Waals surface area contributed by atoms with Crippen molar-refractivity contribution in [2.45, 2.75) is 12.6 Å². The van der Waals surface area contributed by atoms with Gasteiger partial charge in [0.05, 0.1) is 12.0 Å². The Morgan fingerprint density at radius 2 is 1.92 bits per heavy atom. The van der Waals surface area contributed by atoms with Crippen LogP contribution in [0, 0.1) is 5.82 Å². The topological polar surface area (TPSA) is 54.0 Å². The molecule has 0 aliphatic carbocycles. The Labute approximate surface area is 146 Å². The van der Waals surface area contributed by atoms with Crippen LogP contribution in [0.25, 0.3) is 0 Å². The summed E-state index contributed by atoms with van der Waals surface area (Å²) in [5, 5.41) is 5.50. The summed E-state index contributed by atoms with van der Waals surface area (Å²) in [4.78, 5) is 15.4. The van der Waals surface area contributed by atoms with E-state index >= 15 is 0 Å². The second kappa shape index (κ2) is 8.15. The third-order valence-corrected chi connectivity index (χ3v) is 3.60. The van der Waals surface area contributed by atoms with Gasteiger partial charge in [-0.2, -0.15) is 13.2 Å². The van der Waals surface area contributed by atoms with Crippen LogP contribution in [-0.4, -0.2) is 24.0 Å². The molecule has 2 aromatic rings. The number of benzene rings is 1. The third kappa shape index (κ3) is 5.60. The van der Waals surface area contributed by atoms with E-state index in [1.807, 2.05) is 0 Å². The van der Waals surface area contributed by atoms with E-state index in [4.69, 9.17) is 11.6 Å². The highest BCUT2D eigenvalue weighted by molar-refractivity contribution is 6.31. The molecule has 1 aromatic carbocycles. The van der Waals surface area contributed by atoms with E-state index in [9.17, 15) is 22.4 Å². The first-order chi connectivity index (χ1) is 11.8. The van der Waals surface area contributed by atoms with Crippen molar-refractivity contribution in [3.63, 3.8) is 0 Å². The molecule has 0 spiro atoms. The smallest absolute Gasteiger partial charge is 0.368 e. The molecule has 0 aliphatic rings. The van der Waals surface area contributed by atoms with Gasteiger partial charge in [-0.15, -0.1) is 0 Å². The zero-order valence-electron chi connectivity index (χ0n) is 12.8. The lowest BCUT2D eigenvalue weighted by molar-refractivity contribution is -0.137. The van der Waals surface area contributed by atoms with Crippen LogP contribution < -0.4 is 10.6 Å². The van der Waals surface area contributed by atoms with Gasteiger partial charge >= 0.3 is 6.18 Å². The normalized spacial score (nSPS) is 11.2. The van der Waals surface area contributed by atoms with Gasteiger partial charge in [0.2, 0.25) is 5.91 Å². The van der Waals surface area contributed by atoms with Gasteiger partial charge in [-0.25, -0.2) is 9.37 Å². The van der Waals surface area contributed by atoms with E-state index < -0.39 is 23.5 Å². The lowest BCUT2D eigenvalue weighted by Gasteiger charge is -2.10. The third-order valence-electron chi connectivity index (χ3n) is 3.24. The number of alkyl halides is 3. The number of hydrogen-bond donors (Lipinski definition) is 2. The summed E-state index contributed by atoms with van der Waals surface area (Å²) < 4.78 is 50.8. The molecular weight excluding hydrogens is 362 g/mol. The van der Waals surface area contributed by atoms with E-state index in [0.717, 1.165) is 12.3 Å². The fourth-order valence-corrected chi connectivity index (χ4v) is 2.21. The molecule has 25 heavy (non-hydrogen) atoms. The van der Waals surface area contributed by atoms with E-state index in [-0.39, 0.29) is 35.9 Å². The minimum absolute atomic E-state index is 0.110. The summed E-state index contributed by atoms with van der Waals surface area (Å²) in [5.74, 6) is -0.733. The summed E-state index contributed by atoms with van der Waals surface area (Å²) in [7, 11) is 0. The standard InChI is InChI=1S/C16H14ClF4N3O/c17-12-2-1-3-13(18)11(12)8-15(25)23-7-6-22-14-5-4-10(9-24-14)16(19,20)21/h1-5,9H,6-8H2,(H,22,24)(H,23,25). The molecular formula is C16H14ClF4N3O. The van der Waals surface area contributed by atoms with Gasteiger partial charge in [-0.1, -0.05) is 17.7 Å². The Kier molecular flexibility index (Phi) is 6.19. The molecule has 0 radical (unpaired) electrons. The van der Waals surface area contributed by atoms with Gasteiger partial charge in [0.15, 0.2) is 0 Å². The zero-order valence-corrected chi connectivity index (χ0v) is 13.6. The van der Waals surface area contributed by atoms with Crippen molar-refractivity contribution in [2.75, 3.05) is 18.4 Å². The van der Waals surface area contributed by atoms with Crippen LogP contribution in [0.15, 0.2) is 36.5 Å². The second-order valence-electron chi connectivity index (χ2n) is 5.08. The van der Waals surface area contributed by atoms with Gasteiger partial charge in [-0.3, -0.25) is 4.79 Å². The van der Waals surface area contributed by atoms with Gasteiger partial charge in [0.25, 0.3) is 0 Å². The van der Waals surface area contributed by atoms with E-state index in [2.05, 4.69) is 15.6 Å². The summed E-state index contributed by atoms with van der Waals surface area (Å²) in [6.45, 7) is 0.433. The molecule has 4 nitrogen and oxygen atoms in total. The molecule has 9 heteroatoms. The highest BCUT2D eigenvalue weighted by atomic mass is 35.5. The van der Waals surface area contributed by atoms with Crippen LogP contribution in [0.1, 0.15) is 11.1 Å². The minimum atomic E-state index is -4.44. The van der Waals surface area contributed by atoms with Crippen molar-refractivity contribution >= 4 is 23.3 Å². The number of nitrogens with one attached hydrogen (secondary N) is 2. The first-order valence-corrected chi connectivity index (χ1v) is 7.62. The van der Waals surface area contributed by atoms with Crippen LogP contribution in [0.4, 0.5) is 23.4 Å². The summed E-state index contributed by atoms with van der Waals surface area (Å²) in [6, 6.07) is 6.26. The number of hydrogen-bond acceptors (Lipinski definition) is 3. The van der Waals surface area contributed by atoms with Crippen LogP contribution in [0.2, 0.25) is 5.02 Å². The molecule has 0 fully saturated rings. The fraction of sp³-hybridized carbons (Fsp3) is 0.250. The first kappa shape index (κ1) is 19.0. The Bertz CT molecular complexity index is 715. The Morgan fingerprint density at radius 3 is 2.52 bits per heavy atom. The van der Waals surface area contributed by atoms with Crippen molar-refractivity contribution in [3.8, 4) is 0 Å². The molecule has 2 N–H and O–H groups in total. The molecule has 134 valence electrons. The van der Waals surface area contributed by atoms with Crippen molar-refractivity contribution < 1.29 is 22.4 Å². The molecule has 0 bridgehead atoms. The van der Waals surface area contributed by atoms with Crippen LogP contribution in [0.3, 0.4) is 0 Å². The van der Waals surface area contributed by atoms with Crippen molar-refractivity contribution in [1.82, 2.24) is 10.3 Å².